The lowest BCUT2D eigenvalue weighted by molar-refractivity contribution is -0.138. The van der Waals surface area contributed by atoms with E-state index in [1.165, 1.54) is 25.6 Å². The fraction of sp³-hybridized carbons (Fsp3) is 0.632. The van der Waals surface area contributed by atoms with Crippen LogP contribution in [0, 0.1) is 0 Å². The van der Waals surface area contributed by atoms with Gasteiger partial charge >= 0.3 is 6.18 Å². The molecule has 2 saturated heterocycles. The van der Waals surface area contributed by atoms with Crippen molar-refractivity contribution < 1.29 is 31.1 Å². The molecule has 0 radical (unpaired) electrons. The van der Waals surface area contributed by atoms with Crippen LogP contribution in [0.15, 0.2) is 24.3 Å². The molecule has 1 aromatic carbocycles. The van der Waals surface area contributed by atoms with E-state index in [0.29, 0.717) is 0 Å². The van der Waals surface area contributed by atoms with E-state index in [4.69, 9.17) is 4.74 Å². The van der Waals surface area contributed by atoms with Crippen molar-refractivity contribution in [3.63, 3.8) is 0 Å². The molecular formula is C19H26F3N3O4S. The first-order chi connectivity index (χ1) is 14.0. The van der Waals surface area contributed by atoms with Crippen LogP contribution in [0.1, 0.15) is 25.0 Å². The maximum atomic E-state index is 12.9. The van der Waals surface area contributed by atoms with Crippen molar-refractivity contribution in [1.29, 1.82) is 0 Å². The number of halogens is 3. The first-order valence-electron chi connectivity index (χ1n) is 9.81. The summed E-state index contributed by atoms with van der Waals surface area (Å²) in [6.07, 6.45) is -5.01. The zero-order valence-electron chi connectivity index (χ0n) is 16.9. The third kappa shape index (κ3) is 5.32. The van der Waals surface area contributed by atoms with Gasteiger partial charge < -0.3 is 9.64 Å². The molecule has 2 aliphatic rings. The molecule has 0 aromatic heterocycles. The molecule has 1 amide bonds. The second-order valence-electron chi connectivity index (χ2n) is 7.74. The van der Waals surface area contributed by atoms with Crippen LogP contribution in [-0.4, -0.2) is 79.3 Å². The number of rotatable bonds is 4. The number of nitrogens with zero attached hydrogens (tertiary/aromatic N) is 3. The van der Waals surface area contributed by atoms with Crippen molar-refractivity contribution in [2.45, 2.75) is 38.7 Å². The van der Waals surface area contributed by atoms with Gasteiger partial charge in [0.15, 0.2) is 0 Å². The molecular weight excluding hydrogens is 423 g/mol. The number of amides is 1. The Kier molecular flexibility index (Phi) is 6.75. The van der Waals surface area contributed by atoms with E-state index in [1.54, 1.807) is 0 Å². The maximum absolute atomic E-state index is 12.9. The molecule has 2 atom stereocenters. The zero-order chi connectivity index (χ0) is 22.1. The van der Waals surface area contributed by atoms with Gasteiger partial charge in [0.1, 0.15) is 0 Å². The lowest BCUT2D eigenvalue weighted by Gasteiger charge is -2.40. The minimum Gasteiger partial charge on any atom is -0.373 e. The van der Waals surface area contributed by atoms with Gasteiger partial charge in [0.05, 0.1) is 24.2 Å². The highest BCUT2D eigenvalue weighted by Gasteiger charge is 2.37. The Labute approximate surface area is 174 Å². The van der Waals surface area contributed by atoms with Crippen LogP contribution < -0.4 is 0 Å². The van der Waals surface area contributed by atoms with Crippen LogP contribution in [0.5, 0.6) is 0 Å². The Bertz CT molecular complexity index is 860. The Morgan fingerprint density at radius 2 is 1.67 bits per heavy atom. The molecule has 0 bridgehead atoms. The van der Waals surface area contributed by atoms with Crippen molar-refractivity contribution in [2.75, 3.05) is 39.3 Å². The summed E-state index contributed by atoms with van der Waals surface area (Å²) in [5.41, 5.74) is -0.515. The standard InChI is InChI=1S/C19H26F3N3O4S/c1-14-12-25(13-15(2)29-14)30(27,28)24-8-6-23(7-9-24)18(26)11-16-4-3-5-17(10-16)19(20,21)22/h3-5,10,14-15H,6-9,11-13H2,1-2H3. The predicted octanol–water partition coefficient (Wildman–Crippen LogP) is 1.75. The highest BCUT2D eigenvalue weighted by Crippen LogP contribution is 2.29. The monoisotopic (exact) mass is 449 g/mol. The zero-order valence-corrected chi connectivity index (χ0v) is 17.7. The average Bonchev–Trinajstić information content (AvgIpc) is 2.67. The Morgan fingerprint density at radius 3 is 2.23 bits per heavy atom. The van der Waals surface area contributed by atoms with E-state index in [-0.39, 0.29) is 69.4 Å². The molecule has 2 unspecified atom stereocenters. The predicted molar refractivity (Wildman–Crippen MR) is 104 cm³/mol. The Balaban J connectivity index is 1.58. The number of alkyl halides is 3. The Hall–Kier alpha value is -1.69. The molecule has 2 aliphatic heterocycles. The smallest absolute Gasteiger partial charge is 0.373 e. The van der Waals surface area contributed by atoms with Crippen LogP contribution >= 0.6 is 0 Å². The van der Waals surface area contributed by atoms with Crippen LogP contribution in [0.2, 0.25) is 0 Å². The van der Waals surface area contributed by atoms with E-state index in [0.717, 1.165) is 12.1 Å². The number of carbonyl (C=O) groups is 1. The summed E-state index contributed by atoms with van der Waals surface area (Å²) in [5, 5.41) is 0. The molecule has 1 aromatic rings. The topological polar surface area (TPSA) is 70.2 Å². The lowest BCUT2D eigenvalue weighted by atomic mass is 10.1. The fourth-order valence-corrected chi connectivity index (χ4v) is 5.54. The average molecular weight is 449 g/mol. The number of morpholine rings is 1. The molecule has 30 heavy (non-hydrogen) atoms. The summed E-state index contributed by atoms with van der Waals surface area (Å²) in [4.78, 5) is 14.0. The van der Waals surface area contributed by atoms with E-state index >= 15 is 0 Å². The first-order valence-corrected chi connectivity index (χ1v) is 11.2. The molecule has 7 nitrogen and oxygen atoms in total. The van der Waals surface area contributed by atoms with Gasteiger partial charge in [0.25, 0.3) is 10.2 Å². The minimum absolute atomic E-state index is 0.150. The molecule has 3 rings (SSSR count). The van der Waals surface area contributed by atoms with Crippen LogP contribution in [0.25, 0.3) is 0 Å². The largest absolute Gasteiger partial charge is 0.416 e. The molecule has 2 heterocycles. The molecule has 11 heteroatoms. The van der Waals surface area contributed by atoms with Gasteiger partial charge in [0, 0.05) is 39.3 Å². The summed E-state index contributed by atoms with van der Waals surface area (Å²) in [6.45, 7) is 4.90. The van der Waals surface area contributed by atoms with Gasteiger partial charge in [-0.2, -0.15) is 30.2 Å². The third-order valence-corrected chi connectivity index (χ3v) is 7.21. The number of ether oxygens (including phenoxy) is 1. The number of piperazine rings is 1. The molecule has 0 N–H and O–H groups in total. The number of carbonyl (C=O) groups excluding carboxylic acids is 1. The number of benzene rings is 1. The normalized spacial score (nSPS) is 24.8. The number of hydrogen-bond acceptors (Lipinski definition) is 4. The fourth-order valence-electron chi connectivity index (χ4n) is 3.79. The third-order valence-electron chi connectivity index (χ3n) is 5.24. The van der Waals surface area contributed by atoms with E-state index in [9.17, 15) is 26.4 Å². The quantitative estimate of drug-likeness (QED) is 0.702. The SMILES string of the molecule is CC1CN(S(=O)(=O)N2CCN(C(=O)Cc3cccc(C(F)(F)F)c3)CC2)CC(C)O1. The number of hydrogen-bond donors (Lipinski definition) is 0. The highest BCUT2D eigenvalue weighted by molar-refractivity contribution is 7.86. The van der Waals surface area contributed by atoms with E-state index in [1.807, 2.05) is 13.8 Å². The van der Waals surface area contributed by atoms with Crippen molar-refractivity contribution in [3.05, 3.63) is 35.4 Å². The van der Waals surface area contributed by atoms with Gasteiger partial charge in [0.2, 0.25) is 5.91 Å². The summed E-state index contributed by atoms with van der Waals surface area (Å²) in [5.74, 6) is -0.319. The van der Waals surface area contributed by atoms with Crippen LogP contribution in [-0.2, 0) is 32.3 Å². The highest BCUT2D eigenvalue weighted by atomic mass is 32.2. The minimum atomic E-state index is -4.46. The maximum Gasteiger partial charge on any atom is 0.416 e. The molecule has 0 aliphatic carbocycles. The van der Waals surface area contributed by atoms with Gasteiger partial charge in [-0.15, -0.1) is 0 Å². The molecule has 0 saturated carbocycles. The van der Waals surface area contributed by atoms with Crippen molar-refractivity contribution in [2.24, 2.45) is 0 Å². The van der Waals surface area contributed by atoms with Gasteiger partial charge in [-0.25, -0.2) is 0 Å². The van der Waals surface area contributed by atoms with Crippen molar-refractivity contribution in [1.82, 2.24) is 13.5 Å². The van der Waals surface area contributed by atoms with Crippen molar-refractivity contribution >= 4 is 16.1 Å². The van der Waals surface area contributed by atoms with E-state index < -0.39 is 21.9 Å². The molecule has 168 valence electrons. The summed E-state index contributed by atoms with van der Waals surface area (Å²) in [7, 11) is -3.66. The van der Waals surface area contributed by atoms with Crippen LogP contribution in [0.3, 0.4) is 0 Å². The molecule has 2 fully saturated rings. The first kappa shape index (κ1) is 23.0. The van der Waals surface area contributed by atoms with Gasteiger partial charge in [-0.3, -0.25) is 4.79 Å². The molecule has 0 spiro atoms. The second-order valence-corrected chi connectivity index (χ2v) is 9.67. The van der Waals surface area contributed by atoms with Crippen molar-refractivity contribution in [3.8, 4) is 0 Å². The Morgan fingerprint density at radius 1 is 1.07 bits per heavy atom. The van der Waals surface area contributed by atoms with Gasteiger partial charge in [-0.1, -0.05) is 18.2 Å². The second kappa shape index (κ2) is 8.81. The van der Waals surface area contributed by atoms with E-state index in [2.05, 4.69) is 0 Å². The summed E-state index contributed by atoms with van der Waals surface area (Å²) in [6, 6.07) is 4.69. The van der Waals surface area contributed by atoms with Gasteiger partial charge in [-0.05, 0) is 25.5 Å². The summed E-state index contributed by atoms with van der Waals surface area (Å²) < 4.78 is 72.7. The summed E-state index contributed by atoms with van der Waals surface area (Å²) >= 11 is 0. The lowest BCUT2D eigenvalue weighted by Crippen LogP contribution is -2.57. The van der Waals surface area contributed by atoms with Crippen LogP contribution in [0.4, 0.5) is 13.2 Å².